The Morgan fingerprint density at radius 3 is 2.94 bits per heavy atom. The van der Waals surface area contributed by atoms with Gasteiger partial charge in [0, 0.05) is 36.7 Å². The van der Waals surface area contributed by atoms with Crippen molar-refractivity contribution in [2.24, 2.45) is 5.41 Å². The Bertz CT molecular complexity index is 549. The van der Waals surface area contributed by atoms with Crippen LogP contribution in [0.3, 0.4) is 0 Å². The van der Waals surface area contributed by atoms with Crippen LogP contribution in [0.5, 0.6) is 0 Å². The summed E-state index contributed by atoms with van der Waals surface area (Å²) in [5.41, 5.74) is 2.48. The first-order chi connectivity index (χ1) is 8.81. The lowest BCUT2D eigenvalue weighted by molar-refractivity contribution is 0.207. The van der Waals surface area contributed by atoms with Crippen LogP contribution < -0.4 is 5.32 Å². The number of aromatic nitrogens is 1. The van der Waals surface area contributed by atoms with Gasteiger partial charge in [0.15, 0.2) is 0 Å². The number of aliphatic hydroxyl groups excluding tert-OH is 1. The van der Waals surface area contributed by atoms with Crippen molar-refractivity contribution in [2.45, 2.75) is 19.4 Å². The van der Waals surface area contributed by atoms with E-state index in [-0.39, 0.29) is 5.41 Å². The fourth-order valence-corrected chi connectivity index (χ4v) is 2.27. The zero-order valence-electron chi connectivity index (χ0n) is 10.4. The van der Waals surface area contributed by atoms with Crippen molar-refractivity contribution in [1.82, 2.24) is 10.3 Å². The van der Waals surface area contributed by atoms with Crippen molar-refractivity contribution in [3.8, 4) is 0 Å². The molecule has 18 heavy (non-hydrogen) atoms. The van der Waals surface area contributed by atoms with Crippen molar-refractivity contribution >= 4 is 10.9 Å². The van der Waals surface area contributed by atoms with E-state index in [0.29, 0.717) is 6.61 Å². The maximum absolute atomic E-state index is 9.25. The molecular formula is C15H18N2O. The number of benzene rings is 1. The van der Waals surface area contributed by atoms with Crippen LogP contribution in [0.25, 0.3) is 10.9 Å². The maximum atomic E-state index is 9.25. The van der Waals surface area contributed by atoms with Crippen LogP contribution >= 0.6 is 0 Å². The van der Waals surface area contributed by atoms with E-state index < -0.39 is 0 Å². The molecule has 0 unspecified atom stereocenters. The summed E-state index contributed by atoms with van der Waals surface area (Å²) in [5.74, 6) is 0. The molecule has 0 saturated heterocycles. The second kappa shape index (κ2) is 4.67. The topological polar surface area (TPSA) is 45.1 Å². The second-order valence-electron chi connectivity index (χ2n) is 5.29. The third kappa shape index (κ3) is 2.37. The summed E-state index contributed by atoms with van der Waals surface area (Å²) < 4.78 is 0. The van der Waals surface area contributed by atoms with Crippen LogP contribution in [0.1, 0.15) is 18.4 Å². The van der Waals surface area contributed by atoms with Crippen molar-refractivity contribution in [3.63, 3.8) is 0 Å². The average molecular weight is 242 g/mol. The number of nitrogens with one attached hydrogen (secondary N) is 1. The van der Waals surface area contributed by atoms with Gasteiger partial charge in [-0.2, -0.15) is 0 Å². The molecule has 3 rings (SSSR count). The minimum Gasteiger partial charge on any atom is -0.396 e. The van der Waals surface area contributed by atoms with Crippen LogP contribution in [-0.2, 0) is 6.54 Å². The second-order valence-corrected chi connectivity index (χ2v) is 5.29. The number of hydrogen-bond acceptors (Lipinski definition) is 3. The van der Waals surface area contributed by atoms with Gasteiger partial charge in [0.25, 0.3) is 0 Å². The van der Waals surface area contributed by atoms with Crippen molar-refractivity contribution in [3.05, 3.63) is 42.1 Å². The highest BCUT2D eigenvalue weighted by Gasteiger charge is 2.41. The Balaban J connectivity index is 1.64. The molecule has 0 spiro atoms. The van der Waals surface area contributed by atoms with E-state index in [1.165, 1.54) is 10.9 Å². The van der Waals surface area contributed by atoms with E-state index >= 15 is 0 Å². The molecule has 2 aromatic rings. The summed E-state index contributed by atoms with van der Waals surface area (Å²) in [6.45, 7) is 2.07. The molecule has 1 heterocycles. The molecule has 1 fully saturated rings. The average Bonchev–Trinajstić information content (AvgIpc) is 3.19. The number of aliphatic hydroxyl groups is 1. The summed E-state index contributed by atoms with van der Waals surface area (Å²) >= 11 is 0. The molecule has 0 aliphatic heterocycles. The maximum Gasteiger partial charge on any atom is 0.0702 e. The molecule has 1 saturated carbocycles. The molecular weight excluding hydrogens is 224 g/mol. The Morgan fingerprint density at radius 2 is 2.17 bits per heavy atom. The van der Waals surface area contributed by atoms with E-state index in [0.717, 1.165) is 31.4 Å². The largest absolute Gasteiger partial charge is 0.396 e. The van der Waals surface area contributed by atoms with E-state index in [2.05, 4.69) is 34.6 Å². The summed E-state index contributed by atoms with van der Waals surface area (Å²) in [6, 6.07) is 10.4. The number of fused-ring (bicyclic) bond motifs is 1. The van der Waals surface area contributed by atoms with Gasteiger partial charge in [-0.3, -0.25) is 4.98 Å². The molecule has 1 aromatic carbocycles. The fraction of sp³-hybridized carbons (Fsp3) is 0.400. The predicted octanol–water partition coefficient (Wildman–Crippen LogP) is 2.10. The van der Waals surface area contributed by atoms with Crippen LogP contribution in [-0.4, -0.2) is 23.2 Å². The molecule has 0 bridgehead atoms. The number of pyridine rings is 1. The normalized spacial score (nSPS) is 16.9. The SMILES string of the molecule is OCC1(CNCc2ccc3ncccc3c2)CC1. The number of hydrogen-bond donors (Lipinski definition) is 2. The van der Waals surface area contributed by atoms with Crippen molar-refractivity contribution in [2.75, 3.05) is 13.2 Å². The molecule has 1 aliphatic rings. The Kier molecular flexibility index (Phi) is 3.02. The Labute approximate surface area is 107 Å². The van der Waals surface area contributed by atoms with Crippen molar-refractivity contribution in [1.29, 1.82) is 0 Å². The fourth-order valence-electron chi connectivity index (χ4n) is 2.27. The van der Waals surface area contributed by atoms with Gasteiger partial charge in [0.1, 0.15) is 0 Å². The van der Waals surface area contributed by atoms with Crippen LogP contribution in [0.15, 0.2) is 36.5 Å². The van der Waals surface area contributed by atoms with Gasteiger partial charge in [0.05, 0.1) is 5.52 Å². The van der Waals surface area contributed by atoms with Gasteiger partial charge in [-0.1, -0.05) is 12.1 Å². The zero-order chi connectivity index (χ0) is 12.4. The highest BCUT2D eigenvalue weighted by atomic mass is 16.3. The monoisotopic (exact) mass is 242 g/mol. The summed E-state index contributed by atoms with van der Waals surface area (Å²) in [5, 5.41) is 13.9. The van der Waals surface area contributed by atoms with E-state index in [9.17, 15) is 5.11 Å². The lowest BCUT2D eigenvalue weighted by atomic mass is 10.1. The van der Waals surface area contributed by atoms with E-state index in [1.807, 2.05) is 12.3 Å². The van der Waals surface area contributed by atoms with Gasteiger partial charge in [0.2, 0.25) is 0 Å². The minimum absolute atomic E-state index is 0.179. The molecule has 1 aromatic heterocycles. The lowest BCUT2D eigenvalue weighted by Crippen LogP contribution is -2.26. The summed E-state index contributed by atoms with van der Waals surface area (Å²) in [4.78, 5) is 4.31. The molecule has 0 atom stereocenters. The van der Waals surface area contributed by atoms with E-state index in [4.69, 9.17) is 0 Å². The number of rotatable bonds is 5. The van der Waals surface area contributed by atoms with Crippen LogP contribution in [0, 0.1) is 5.41 Å². The third-order valence-corrected chi connectivity index (χ3v) is 3.79. The Morgan fingerprint density at radius 1 is 1.28 bits per heavy atom. The minimum atomic E-state index is 0.179. The predicted molar refractivity (Wildman–Crippen MR) is 72.2 cm³/mol. The molecule has 94 valence electrons. The van der Waals surface area contributed by atoms with Crippen LogP contribution in [0.2, 0.25) is 0 Å². The van der Waals surface area contributed by atoms with E-state index in [1.54, 1.807) is 0 Å². The first-order valence-corrected chi connectivity index (χ1v) is 6.47. The zero-order valence-corrected chi connectivity index (χ0v) is 10.4. The standard InChI is InChI=1S/C15H18N2O/c18-11-15(5-6-15)10-16-9-12-3-4-14-13(8-12)2-1-7-17-14/h1-4,7-8,16,18H,5-6,9-11H2. The van der Waals surface area contributed by atoms with Gasteiger partial charge in [-0.05, 0) is 36.6 Å². The highest BCUT2D eigenvalue weighted by molar-refractivity contribution is 5.78. The third-order valence-electron chi connectivity index (χ3n) is 3.79. The number of nitrogens with zero attached hydrogens (tertiary/aromatic N) is 1. The first kappa shape index (κ1) is 11.6. The first-order valence-electron chi connectivity index (χ1n) is 6.47. The molecule has 0 radical (unpaired) electrons. The smallest absolute Gasteiger partial charge is 0.0702 e. The lowest BCUT2D eigenvalue weighted by Gasteiger charge is -2.12. The summed E-state index contributed by atoms with van der Waals surface area (Å²) in [6.07, 6.45) is 4.12. The molecule has 3 heteroatoms. The van der Waals surface area contributed by atoms with Gasteiger partial charge < -0.3 is 10.4 Å². The van der Waals surface area contributed by atoms with Gasteiger partial charge in [-0.25, -0.2) is 0 Å². The molecule has 3 nitrogen and oxygen atoms in total. The van der Waals surface area contributed by atoms with Crippen LogP contribution in [0.4, 0.5) is 0 Å². The quantitative estimate of drug-likeness (QED) is 0.844. The molecule has 0 amide bonds. The molecule has 1 aliphatic carbocycles. The molecule has 2 N–H and O–H groups in total. The highest BCUT2D eigenvalue weighted by Crippen LogP contribution is 2.44. The Hall–Kier alpha value is -1.45. The van der Waals surface area contributed by atoms with Crippen molar-refractivity contribution < 1.29 is 5.11 Å². The van der Waals surface area contributed by atoms with Gasteiger partial charge in [-0.15, -0.1) is 0 Å². The van der Waals surface area contributed by atoms with Gasteiger partial charge >= 0.3 is 0 Å². The summed E-state index contributed by atoms with van der Waals surface area (Å²) in [7, 11) is 0.